The molecule has 4 rings (SSSR count). The van der Waals surface area contributed by atoms with Crippen molar-refractivity contribution in [3.05, 3.63) is 40.5 Å². The van der Waals surface area contributed by atoms with Crippen LogP contribution in [-0.4, -0.2) is 45.1 Å². The second-order valence-corrected chi connectivity index (χ2v) is 8.07. The molecular weight excluding hydrogens is 404 g/mol. The van der Waals surface area contributed by atoms with Crippen LogP contribution in [-0.2, 0) is 6.54 Å². The number of alkyl halides is 2. The number of carbonyl (C=O) groups excluding carboxylic acids is 2. The first-order chi connectivity index (χ1) is 13.6. The number of benzene rings is 1. The normalized spacial score (nSPS) is 20.7. The van der Waals surface area contributed by atoms with Crippen LogP contribution >= 0.6 is 11.6 Å². The number of halogens is 3. The highest BCUT2D eigenvalue weighted by Gasteiger charge is 2.46. The van der Waals surface area contributed by atoms with Crippen molar-refractivity contribution in [3.63, 3.8) is 0 Å². The van der Waals surface area contributed by atoms with Gasteiger partial charge in [-0.1, -0.05) is 23.7 Å². The molecule has 154 valence electrons. The molecule has 0 saturated heterocycles. The van der Waals surface area contributed by atoms with E-state index in [9.17, 15) is 18.4 Å². The molecule has 7 nitrogen and oxygen atoms in total. The van der Waals surface area contributed by atoms with Gasteiger partial charge < -0.3 is 16.0 Å². The number of hydrogen-bond donors (Lipinski definition) is 2. The van der Waals surface area contributed by atoms with Crippen molar-refractivity contribution in [1.29, 1.82) is 0 Å². The van der Waals surface area contributed by atoms with Crippen LogP contribution in [0.15, 0.2) is 24.3 Å². The smallest absolute Gasteiger partial charge is 0.318 e. The second kappa shape index (κ2) is 6.98. The summed E-state index contributed by atoms with van der Waals surface area (Å²) in [6, 6.07) is 5.72. The van der Waals surface area contributed by atoms with E-state index in [1.165, 1.54) is 4.90 Å². The van der Waals surface area contributed by atoms with E-state index in [1.54, 1.807) is 28.9 Å². The molecule has 0 spiro atoms. The van der Waals surface area contributed by atoms with E-state index in [2.05, 4.69) is 10.4 Å². The van der Waals surface area contributed by atoms with Gasteiger partial charge in [-0.3, -0.25) is 9.48 Å². The molecule has 29 heavy (non-hydrogen) atoms. The average molecular weight is 424 g/mol. The van der Waals surface area contributed by atoms with Crippen molar-refractivity contribution in [2.45, 2.75) is 44.3 Å². The summed E-state index contributed by atoms with van der Waals surface area (Å²) < 4.78 is 27.8. The van der Waals surface area contributed by atoms with E-state index in [0.717, 1.165) is 0 Å². The standard InChI is InChI=1S/C19H20ClF2N5O2/c1-10-8-26(18(29)24-13-6-19(21,22)7-13)9-14-15(17(23)28)16(25-27(10)14)11-3-2-4-12(20)5-11/h2-5,10,13H,6-9H2,1H3,(H2,23,28)(H,24,29). The van der Waals surface area contributed by atoms with Crippen LogP contribution in [0.25, 0.3) is 11.3 Å². The maximum Gasteiger partial charge on any atom is 0.318 e. The summed E-state index contributed by atoms with van der Waals surface area (Å²) in [5.41, 5.74) is 7.43. The molecule has 1 aliphatic carbocycles. The van der Waals surface area contributed by atoms with Crippen molar-refractivity contribution in [1.82, 2.24) is 20.0 Å². The van der Waals surface area contributed by atoms with Gasteiger partial charge in [0, 0.05) is 36.0 Å². The van der Waals surface area contributed by atoms with E-state index in [4.69, 9.17) is 17.3 Å². The van der Waals surface area contributed by atoms with E-state index < -0.39 is 23.9 Å². The SMILES string of the molecule is CC1CN(C(=O)NC2CC(F)(F)C2)Cc2c(C(N)=O)c(-c3cccc(Cl)c3)nn21. The third-order valence-corrected chi connectivity index (χ3v) is 5.54. The minimum atomic E-state index is -2.71. The number of amides is 3. The molecule has 1 aliphatic heterocycles. The van der Waals surface area contributed by atoms with Crippen molar-refractivity contribution in [2.24, 2.45) is 5.73 Å². The quantitative estimate of drug-likeness (QED) is 0.793. The molecule has 1 fully saturated rings. The predicted octanol–water partition coefficient (Wildman–Crippen LogP) is 3.19. The fraction of sp³-hybridized carbons (Fsp3) is 0.421. The second-order valence-electron chi connectivity index (χ2n) is 7.63. The molecule has 1 unspecified atom stereocenters. The Morgan fingerprint density at radius 2 is 2.07 bits per heavy atom. The third-order valence-electron chi connectivity index (χ3n) is 5.30. The molecule has 1 atom stereocenters. The van der Waals surface area contributed by atoms with E-state index in [-0.39, 0.29) is 31.0 Å². The van der Waals surface area contributed by atoms with E-state index in [1.807, 2.05) is 6.92 Å². The summed E-state index contributed by atoms with van der Waals surface area (Å²) in [6.07, 6.45) is -0.711. The number of nitrogens with one attached hydrogen (secondary N) is 1. The zero-order valence-corrected chi connectivity index (χ0v) is 16.4. The highest BCUT2D eigenvalue weighted by atomic mass is 35.5. The van der Waals surface area contributed by atoms with Gasteiger partial charge in [0.15, 0.2) is 0 Å². The number of fused-ring (bicyclic) bond motifs is 1. The number of nitrogens with zero attached hydrogens (tertiary/aromatic N) is 3. The molecule has 1 saturated carbocycles. The summed E-state index contributed by atoms with van der Waals surface area (Å²) >= 11 is 6.07. The Morgan fingerprint density at radius 1 is 1.34 bits per heavy atom. The lowest BCUT2D eigenvalue weighted by Crippen LogP contribution is -2.55. The third kappa shape index (κ3) is 3.66. The van der Waals surface area contributed by atoms with Crippen LogP contribution in [0.2, 0.25) is 5.02 Å². The number of nitrogens with two attached hydrogens (primary N) is 1. The lowest BCUT2D eigenvalue weighted by atomic mass is 9.88. The first-order valence-corrected chi connectivity index (χ1v) is 9.63. The number of urea groups is 1. The summed E-state index contributed by atoms with van der Waals surface area (Å²) in [6.45, 7) is 2.29. The monoisotopic (exact) mass is 423 g/mol. The van der Waals surface area contributed by atoms with Crippen molar-refractivity contribution in [3.8, 4) is 11.3 Å². The van der Waals surface area contributed by atoms with Gasteiger partial charge in [-0.25, -0.2) is 13.6 Å². The van der Waals surface area contributed by atoms with Gasteiger partial charge in [0.25, 0.3) is 11.8 Å². The molecule has 1 aromatic carbocycles. The Balaban J connectivity index is 1.63. The fourth-order valence-electron chi connectivity index (χ4n) is 3.91. The Hall–Kier alpha value is -2.68. The first-order valence-electron chi connectivity index (χ1n) is 9.25. The molecule has 0 bridgehead atoms. The Bertz CT molecular complexity index is 985. The van der Waals surface area contributed by atoms with Crippen LogP contribution in [0.4, 0.5) is 13.6 Å². The molecule has 3 N–H and O–H groups in total. The van der Waals surface area contributed by atoms with Crippen molar-refractivity contribution < 1.29 is 18.4 Å². The maximum absolute atomic E-state index is 13.0. The molecule has 10 heteroatoms. The van der Waals surface area contributed by atoms with Crippen molar-refractivity contribution in [2.75, 3.05) is 6.54 Å². The predicted molar refractivity (Wildman–Crippen MR) is 103 cm³/mol. The Morgan fingerprint density at radius 3 is 2.69 bits per heavy atom. The highest BCUT2D eigenvalue weighted by Crippen LogP contribution is 2.38. The van der Waals surface area contributed by atoms with Crippen LogP contribution < -0.4 is 11.1 Å². The van der Waals surface area contributed by atoms with Crippen LogP contribution in [0.1, 0.15) is 41.9 Å². The van der Waals surface area contributed by atoms with Gasteiger partial charge >= 0.3 is 6.03 Å². The summed E-state index contributed by atoms with van der Waals surface area (Å²) in [5, 5.41) is 7.69. The summed E-state index contributed by atoms with van der Waals surface area (Å²) in [7, 11) is 0. The molecule has 0 radical (unpaired) electrons. The largest absolute Gasteiger partial charge is 0.365 e. The van der Waals surface area contributed by atoms with Gasteiger partial charge in [0.2, 0.25) is 0 Å². The molecule has 2 heterocycles. The number of rotatable bonds is 3. The highest BCUT2D eigenvalue weighted by molar-refractivity contribution is 6.30. The molecule has 2 aliphatic rings. The Kier molecular flexibility index (Phi) is 4.72. The lowest BCUT2D eigenvalue weighted by molar-refractivity contribution is -0.0904. The fourth-order valence-corrected chi connectivity index (χ4v) is 4.10. The molecule has 3 amide bonds. The summed E-state index contributed by atoms with van der Waals surface area (Å²) in [4.78, 5) is 26.3. The molecular formula is C19H20ClF2N5O2. The number of carbonyl (C=O) groups is 2. The maximum atomic E-state index is 13.0. The van der Waals surface area contributed by atoms with E-state index >= 15 is 0 Å². The number of primary amides is 1. The van der Waals surface area contributed by atoms with E-state index in [0.29, 0.717) is 28.5 Å². The van der Waals surface area contributed by atoms with Gasteiger partial charge in [-0.2, -0.15) is 5.10 Å². The van der Waals surface area contributed by atoms with Crippen LogP contribution in [0, 0.1) is 0 Å². The topological polar surface area (TPSA) is 93.2 Å². The Labute approximate surface area is 170 Å². The van der Waals surface area contributed by atoms with Crippen LogP contribution in [0.3, 0.4) is 0 Å². The molecule has 2 aromatic rings. The van der Waals surface area contributed by atoms with Gasteiger partial charge in [-0.05, 0) is 19.1 Å². The number of hydrogen-bond acceptors (Lipinski definition) is 3. The summed E-state index contributed by atoms with van der Waals surface area (Å²) in [5.74, 6) is -3.37. The van der Waals surface area contributed by atoms with Gasteiger partial charge in [0.1, 0.15) is 5.69 Å². The minimum Gasteiger partial charge on any atom is -0.365 e. The van der Waals surface area contributed by atoms with Gasteiger partial charge in [0.05, 0.1) is 23.8 Å². The van der Waals surface area contributed by atoms with Crippen LogP contribution in [0.5, 0.6) is 0 Å². The zero-order chi connectivity index (χ0) is 20.9. The zero-order valence-electron chi connectivity index (χ0n) is 15.7. The first kappa shape index (κ1) is 19.6. The molecule has 1 aromatic heterocycles. The van der Waals surface area contributed by atoms with Crippen molar-refractivity contribution >= 4 is 23.5 Å². The minimum absolute atomic E-state index is 0.102. The number of aromatic nitrogens is 2. The lowest BCUT2D eigenvalue weighted by Gasteiger charge is -2.38. The average Bonchev–Trinajstić information content (AvgIpc) is 3.00. The van der Waals surface area contributed by atoms with Gasteiger partial charge in [-0.15, -0.1) is 0 Å².